The van der Waals surface area contributed by atoms with Crippen molar-refractivity contribution < 1.29 is 74.3 Å². The summed E-state index contributed by atoms with van der Waals surface area (Å²) in [6.45, 7) is 13.7. The van der Waals surface area contributed by atoms with E-state index in [1.807, 2.05) is 82.6 Å². The number of aliphatic carboxylic acids is 1. The van der Waals surface area contributed by atoms with Crippen molar-refractivity contribution in [2.75, 3.05) is 69.8 Å². The molecule has 10 rings (SSSR count). The molecule has 0 spiro atoms. The Hall–Kier alpha value is -9.86. The maximum atomic E-state index is 14.1. The summed E-state index contributed by atoms with van der Waals surface area (Å²) in [5.41, 5.74) is 11.1. The van der Waals surface area contributed by atoms with Gasteiger partial charge in [0, 0.05) is 87.1 Å². The molecule has 0 bridgehead atoms. The summed E-state index contributed by atoms with van der Waals surface area (Å²) >= 11 is 0. The van der Waals surface area contributed by atoms with Gasteiger partial charge in [-0.3, -0.25) is 33.5 Å². The maximum absolute atomic E-state index is 14.1. The molecule has 4 amide bonds. The molecule has 8 aromatic rings. The first kappa shape index (κ1) is 74.9. The number of ketones is 2. The maximum Gasteiger partial charge on any atom is 0.258 e. The van der Waals surface area contributed by atoms with E-state index in [9.17, 15) is 47.4 Å². The second-order valence-corrected chi connectivity index (χ2v) is 22.5. The van der Waals surface area contributed by atoms with Gasteiger partial charge in [-0.25, -0.2) is 8.78 Å². The Morgan fingerprint density at radius 1 is 0.574 bits per heavy atom. The fourth-order valence-electron chi connectivity index (χ4n) is 10.8. The van der Waals surface area contributed by atoms with E-state index in [0.29, 0.717) is 81.5 Å². The van der Waals surface area contributed by atoms with Crippen molar-refractivity contribution in [3.8, 4) is 22.4 Å². The highest BCUT2D eigenvalue weighted by Crippen LogP contribution is 2.43. The van der Waals surface area contributed by atoms with Gasteiger partial charge in [0.2, 0.25) is 17.7 Å². The van der Waals surface area contributed by atoms with E-state index < -0.39 is 41.2 Å². The lowest BCUT2D eigenvalue weighted by Crippen LogP contribution is -2.53. The van der Waals surface area contributed by atoms with E-state index >= 15 is 0 Å². The summed E-state index contributed by atoms with van der Waals surface area (Å²) in [5, 5.41) is 15.9. The number of benzene rings is 7. The van der Waals surface area contributed by atoms with Crippen LogP contribution in [0, 0.1) is 23.5 Å². The zero-order valence-corrected chi connectivity index (χ0v) is 53.3. The number of carbonyl (C=O) groups is 7. The number of halogens is 3. The molecule has 0 saturated carbocycles. The first-order chi connectivity index (χ1) is 44.4. The highest BCUT2D eigenvalue weighted by Gasteiger charge is 2.41. The number of quaternary nitrogens is 1. The fourth-order valence-corrected chi connectivity index (χ4v) is 10.8. The van der Waals surface area contributed by atoms with Gasteiger partial charge in [-0.2, -0.15) is 0 Å². The molecule has 2 unspecified atom stereocenters. The molecule has 3 heterocycles. The van der Waals surface area contributed by atoms with Gasteiger partial charge in [0.25, 0.3) is 5.91 Å². The standard InChI is InChI=1S/C33H34FN3O3.C26H24FNO3.C8H8O2.C7H14N2O2.FH.H2O.H2/c1-23(2)31-30(33(39)35-27-11-7-4-8-12-27)29(24-9-5-3-6-10-24)32(25-13-15-26(34)16-14-25)37(31)18-17-28(38)36-19-21-40-22-20-36;1-17(2)24(29)23(26(31)28-21-11-7-4-8-12-21)22(18-9-5-3-6-10-18)25(30)19-13-15-20(27)16-14-19;9-8(10)6-7-4-2-1-3-5-7;8-2-1-7(10)9-3-5-11-6-4-9;;;/h3-16,23H,17-22H2,1-2H3,(H,35,39);3-17,22-23H,1-2H3,(H,28,31);1-5H,6H2,(H,9,10);1-6,8H2;1H;1H2;1H/p-1/i;;;;;;1+2. The van der Waals surface area contributed by atoms with Gasteiger partial charge in [-0.15, -0.1) is 0 Å². The highest BCUT2D eigenvalue weighted by atomic mass is 19.1. The quantitative estimate of drug-likeness (QED) is 0.0478. The van der Waals surface area contributed by atoms with Gasteiger partial charge < -0.3 is 55.6 Å². The van der Waals surface area contributed by atoms with Crippen LogP contribution in [-0.4, -0.2) is 120 Å². The average molecular weight is 1290 g/mol. The van der Waals surface area contributed by atoms with Gasteiger partial charge in [0.05, 0.1) is 56.6 Å². The van der Waals surface area contributed by atoms with Crippen LogP contribution >= 0.6 is 0 Å². The number of nitrogens with one attached hydrogen (secondary N) is 2. The summed E-state index contributed by atoms with van der Waals surface area (Å²) in [6, 6.07) is 57.1. The number of morpholine rings is 2. The Balaban J connectivity index is 0.000000307. The van der Waals surface area contributed by atoms with Crippen molar-refractivity contribution in [3.63, 3.8) is 0 Å². The van der Waals surface area contributed by atoms with E-state index in [1.54, 1.807) is 105 Å². The lowest BCUT2D eigenvalue weighted by molar-refractivity contribution is -0.366. The van der Waals surface area contributed by atoms with Crippen LogP contribution in [-0.2, 0) is 46.4 Å². The third-order valence-corrected chi connectivity index (χ3v) is 15.3. The minimum Gasteiger partial charge on any atom is -0.870 e. The average Bonchev–Trinajstić information content (AvgIpc) is 1.60. The molecule has 0 aliphatic carbocycles. The van der Waals surface area contributed by atoms with Crippen molar-refractivity contribution in [2.24, 2.45) is 11.8 Å². The molecule has 2 aliphatic heterocycles. The summed E-state index contributed by atoms with van der Waals surface area (Å²) in [5.74, 6) is -5.87. The van der Waals surface area contributed by atoms with Crippen molar-refractivity contribution >= 4 is 52.5 Å². The van der Waals surface area contributed by atoms with Crippen LogP contribution in [0.5, 0.6) is 0 Å². The third-order valence-electron chi connectivity index (χ3n) is 15.3. The topological polar surface area (TPSA) is 254 Å². The Morgan fingerprint density at radius 2 is 1.02 bits per heavy atom. The molecule has 1 aromatic heterocycles. The predicted molar refractivity (Wildman–Crippen MR) is 356 cm³/mol. The number of carbonyl (C=O) groups excluding carboxylic acids is 7. The number of rotatable bonds is 20. The number of ether oxygens (including phenoxy) is 2. The highest BCUT2D eigenvalue weighted by molar-refractivity contribution is 6.15. The molecule has 2 saturated heterocycles. The Bertz CT molecular complexity index is 3670. The molecule has 2 atom stereocenters. The number of anilines is 2. The van der Waals surface area contributed by atoms with Crippen molar-refractivity contribution in [3.05, 3.63) is 240 Å². The number of para-hydroxylation sites is 2. The second-order valence-electron chi connectivity index (χ2n) is 22.5. The summed E-state index contributed by atoms with van der Waals surface area (Å²) in [4.78, 5) is 92.3. The first-order valence-corrected chi connectivity index (χ1v) is 30.9. The van der Waals surface area contributed by atoms with Crippen molar-refractivity contribution in [2.45, 2.75) is 65.3 Å². The largest absolute Gasteiger partial charge is 0.870 e. The molecular formula is C74H84F3N6O11-. The van der Waals surface area contributed by atoms with Crippen LogP contribution < -0.4 is 21.5 Å². The summed E-state index contributed by atoms with van der Waals surface area (Å²) < 4.78 is 40.1. The number of aromatic nitrogens is 1. The lowest BCUT2D eigenvalue weighted by Gasteiger charge is -2.27. The number of carboxylic acid groups (broad SMARTS) is 1. The van der Waals surface area contributed by atoms with E-state index in [2.05, 4.69) is 34.8 Å². The normalized spacial score (nSPS) is 13.1. The van der Waals surface area contributed by atoms with Crippen molar-refractivity contribution in [1.29, 1.82) is 0 Å². The zero-order valence-electron chi connectivity index (χ0n) is 53.3. The zero-order chi connectivity index (χ0) is 65.9. The predicted octanol–water partition coefficient (Wildman–Crippen LogP) is 10.5. The van der Waals surface area contributed by atoms with E-state index in [-0.39, 0.29) is 65.3 Å². The monoisotopic (exact) mass is 1290 g/mol. The Labute approximate surface area is 548 Å². The van der Waals surface area contributed by atoms with Gasteiger partial charge in [-0.1, -0.05) is 155 Å². The number of amides is 4. The number of Topliss-reactive ketones (excluding diaryl/α,β-unsaturated/α-hetero) is 2. The molecular weight excluding hydrogens is 1210 g/mol. The van der Waals surface area contributed by atoms with Crippen LogP contribution in [0.3, 0.4) is 0 Å². The number of nitrogens with zero attached hydrogens (tertiary/aromatic N) is 3. The van der Waals surface area contributed by atoms with Crippen LogP contribution in [0.2, 0.25) is 0 Å². The minimum absolute atomic E-state index is 0. The molecule has 6 N–H and O–H groups in total. The summed E-state index contributed by atoms with van der Waals surface area (Å²) in [6.07, 6.45) is 0.845. The number of hydrogen-bond acceptors (Lipinski definition) is 11. The first-order valence-electron chi connectivity index (χ1n) is 30.9. The molecule has 94 heavy (non-hydrogen) atoms. The molecule has 2 aliphatic rings. The molecule has 17 nitrogen and oxygen atoms in total. The molecule has 20 heteroatoms. The second kappa shape index (κ2) is 38.2. The number of hydrogen-bond donors (Lipinski definition) is 3. The minimum atomic E-state index is -1.24. The Kier molecular flexibility index (Phi) is 30.4. The molecule has 2 fully saturated rings. The van der Waals surface area contributed by atoms with E-state index in [1.165, 1.54) is 36.4 Å². The Morgan fingerprint density at radius 3 is 1.49 bits per heavy atom. The van der Waals surface area contributed by atoms with Crippen LogP contribution in [0.15, 0.2) is 200 Å². The van der Waals surface area contributed by atoms with Gasteiger partial charge in [0.1, 0.15) is 23.3 Å². The van der Waals surface area contributed by atoms with Gasteiger partial charge >= 0.3 is 0 Å². The SMILES string of the molecule is CC(C)C(=O)C(C(=O)Nc1ccccc1)C(C(=O)c1ccc(F)cc1)c1ccccc1.CC(C)c1c(C(=O)Nc2ccccc2)c(-c2ccccc2)c(-c2ccc(F)cc2)n1CCC(=O)N1CCOCC1.F.O=C([O-])Cc1ccccc1.[3HH].[NH3+]CCC(=O)N1CCOCC1.[OH-]. The van der Waals surface area contributed by atoms with E-state index in [0.717, 1.165) is 46.7 Å². The van der Waals surface area contributed by atoms with Gasteiger partial charge in [0.15, 0.2) is 5.78 Å². The number of carboxylic acids is 1. The van der Waals surface area contributed by atoms with Crippen molar-refractivity contribution in [1.82, 2.24) is 14.4 Å². The molecule has 498 valence electrons. The molecule has 0 radical (unpaired) electrons. The van der Waals surface area contributed by atoms with E-state index in [4.69, 9.17) is 9.47 Å². The van der Waals surface area contributed by atoms with Crippen LogP contribution in [0.1, 0.15) is 91.3 Å². The van der Waals surface area contributed by atoms with Crippen LogP contribution in [0.4, 0.5) is 24.9 Å². The smallest absolute Gasteiger partial charge is 0.258 e. The van der Waals surface area contributed by atoms with Gasteiger partial charge in [-0.05, 0) is 101 Å². The lowest BCUT2D eigenvalue weighted by atomic mass is 9.75. The third kappa shape index (κ3) is 21.6. The molecule has 7 aromatic carbocycles. The fraction of sp³-hybridized carbons (Fsp3) is 0.284. The summed E-state index contributed by atoms with van der Waals surface area (Å²) in [7, 11) is 0. The van der Waals surface area contributed by atoms with Crippen LogP contribution in [0.25, 0.3) is 22.4 Å².